The van der Waals surface area contributed by atoms with Crippen LogP contribution in [0.3, 0.4) is 0 Å². The van der Waals surface area contributed by atoms with E-state index in [-0.39, 0.29) is 6.29 Å². The Bertz CT molecular complexity index is 764. The molecule has 5 nitrogen and oxygen atoms in total. The molecule has 0 aliphatic carbocycles. The van der Waals surface area contributed by atoms with Gasteiger partial charge in [0.15, 0.2) is 6.29 Å². The summed E-state index contributed by atoms with van der Waals surface area (Å²) in [4.78, 5) is 2.60. The number of rotatable bonds is 6. The standard InChI is InChI=1S/C20H28ClN3O2/c1-13(2)18(4-5-20-25-6-7-26-20)24-11-15(12-24)14-8-17(21)16-10-22-23(3)19(16)9-14/h8-10,13,15,18,20H,4-7,11-12H2,1-3H3. The van der Waals surface area contributed by atoms with Crippen molar-refractivity contribution in [3.8, 4) is 0 Å². The highest BCUT2D eigenvalue weighted by atomic mass is 35.5. The Labute approximate surface area is 160 Å². The molecule has 0 spiro atoms. The fraction of sp³-hybridized carbons (Fsp3) is 0.650. The van der Waals surface area contributed by atoms with Gasteiger partial charge in [0, 0.05) is 37.5 Å². The number of halogens is 1. The summed E-state index contributed by atoms with van der Waals surface area (Å²) >= 11 is 6.48. The van der Waals surface area contributed by atoms with Gasteiger partial charge in [0.25, 0.3) is 0 Å². The van der Waals surface area contributed by atoms with Crippen LogP contribution in [0.1, 0.15) is 38.2 Å². The number of aromatic nitrogens is 2. The van der Waals surface area contributed by atoms with E-state index in [1.165, 1.54) is 5.56 Å². The number of likely N-dealkylation sites (tertiary alicyclic amines) is 1. The molecule has 4 rings (SSSR count). The average molecular weight is 378 g/mol. The molecule has 0 amide bonds. The van der Waals surface area contributed by atoms with Gasteiger partial charge in [-0.15, -0.1) is 0 Å². The molecule has 0 N–H and O–H groups in total. The van der Waals surface area contributed by atoms with Crippen LogP contribution < -0.4 is 0 Å². The molecule has 0 radical (unpaired) electrons. The fourth-order valence-electron chi connectivity index (χ4n) is 4.27. The van der Waals surface area contributed by atoms with Crippen molar-refractivity contribution in [2.45, 2.75) is 44.9 Å². The monoisotopic (exact) mass is 377 g/mol. The third kappa shape index (κ3) is 3.50. The summed E-state index contributed by atoms with van der Waals surface area (Å²) in [6.45, 7) is 8.28. The van der Waals surface area contributed by atoms with Gasteiger partial charge in [0.2, 0.25) is 0 Å². The highest BCUT2D eigenvalue weighted by molar-refractivity contribution is 6.35. The SMILES string of the molecule is CC(C)C(CCC1OCCO1)N1CC(c2cc(Cl)c3cnn(C)c3c2)C1. The molecule has 1 unspecified atom stereocenters. The van der Waals surface area contributed by atoms with E-state index in [0.717, 1.165) is 55.1 Å². The molecule has 2 aromatic rings. The zero-order chi connectivity index (χ0) is 18.3. The van der Waals surface area contributed by atoms with E-state index in [0.29, 0.717) is 17.9 Å². The van der Waals surface area contributed by atoms with Gasteiger partial charge >= 0.3 is 0 Å². The van der Waals surface area contributed by atoms with E-state index in [1.54, 1.807) is 0 Å². The second-order valence-electron chi connectivity index (χ2n) is 7.91. The highest BCUT2D eigenvalue weighted by Gasteiger charge is 2.35. The first-order valence-corrected chi connectivity index (χ1v) is 9.99. The van der Waals surface area contributed by atoms with Crippen LogP contribution in [0, 0.1) is 5.92 Å². The van der Waals surface area contributed by atoms with Crippen LogP contribution in [-0.4, -0.2) is 53.3 Å². The smallest absolute Gasteiger partial charge is 0.157 e. The predicted molar refractivity (Wildman–Crippen MR) is 104 cm³/mol. The van der Waals surface area contributed by atoms with Crippen LogP contribution in [0.25, 0.3) is 10.9 Å². The largest absolute Gasteiger partial charge is 0.350 e. The van der Waals surface area contributed by atoms with Crippen molar-refractivity contribution in [3.63, 3.8) is 0 Å². The summed E-state index contributed by atoms with van der Waals surface area (Å²) in [5.41, 5.74) is 2.44. The second kappa shape index (κ2) is 7.47. The van der Waals surface area contributed by atoms with Crippen molar-refractivity contribution in [1.82, 2.24) is 14.7 Å². The summed E-state index contributed by atoms with van der Waals surface area (Å²) in [6.07, 6.45) is 3.95. The van der Waals surface area contributed by atoms with Crippen LogP contribution in [0.5, 0.6) is 0 Å². The number of benzene rings is 1. The van der Waals surface area contributed by atoms with Crippen molar-refractivity contribution in [1.29, 1.82) is 0 Å². The normalized spacial score (nSPS) is 21.0. The predicted octanol–water partition coefficient (Wildman–Crippen LogP) is 3.80. The van der Waals surface area contributed by atoms with Crippen molar-refractivity contribution in [2.24, 2.45) is 13.0 Å². The number of ether oxygens (including phenoxy) is 2. The van der Waals surface area contributed by atoms with Gasteiger partial charge in [-0.1, -0.05) is 25.4 Å². The quantitative estimate of drug-likeness (QED) is 0.767. The topological polar surface area (TPSA) is 39.5 Å². The molecule has 0 bridgehead atoms. The lowest BCUT2D eigenvalue weighted by Crippen LogP contribution is -2.52. The maximum Gasteiger partial charge on any atom is 0.157 e. The third-order valence-electron chi connectivity index (χ3n) is 5.85. The van der Waals surface area contributed by atoms with Crippen molar-refractivity contribution in [2.75, 3.05) is 26.3 Å². The van der Waals surface area contributed by atoms with E-state index in [1.807, 2.05) is 17.9 Å². The van der Waals surface area contributed by atoms with Gasteiger partial charge in [0.05, 0.1) is 29.9 Å². The molecule has 2 saturated heterocycles. The van der Waals surface area contributed by atoms with E-state index >= 15 is 0 Å². The van der Waals surface area contributed by atoms with Gasteiger partial charge in [-0.3, -0.25) is 9.58 Å². The highest BCUT2D eigenvalue weighted by Crippen LogP contribution is 2.36. The zero-order valence-electron chi connectivity index (χ0n) is 15.8. The van der Waals surface area contributed by atoms with E-state index in [4.69, 9.17) is 21.1 Å². The summed E-state index contributed by atoms with van der Waals surface area (Å²) < 4.78 is 13.1. The number of hydrogen-bond donors (Lipinski definition) is 0. The molecule has 1 aromatic carbocycles. The molecule has 2 fully saturated rings. The first-order chi connectivity index (χ1) is 12.5. The second-order valence-corrected chi connectivity index (χ2v) is 8.32. The number of fused-ring (bicyclic) bond motifs is 1. The lowest BCUT2D eigenvalue weighted by Gasteiger charge is -2.46. The van der Waals surface area contributed by atoms with Crippen LogP contribution in [0.2, 0.25) is 5.02 Å². The minimum absolute atomic E-state index is 0.000576. The molecular weight excluding hydrogens is 350 g/mol. The van der Waals surface area contributed by atoms with Gasteiger partial charge in [-0.25, -0.2) is 0 Å². The first kappa shape index (κ1) is 18.2. The minimum Gasteiger partial charge on any atom is -0.350 e. The Morgan fingerprint density at radius 3 is 2.65 bits per heavy atom. The minimum atomic E-state index is -0.000576. The fourth-order valence-corrected chi connectivity index (χ4v) is 4.55. The Morgan fingerprint density at radius 2 is 1.96 bits per heavy atom. The Hall–Kier alpha value is -1.14. The molecule has 1 atom stereocenters. The van der Waals surface area contributed by atoms with E-state index in [9.17, 15) is 0 Å². The van der Waals surface area contributed by atoms with Gasteiger partial charge in [0.1, 0.15) is 0 Å². The lowest BCUT2D eigenvalue weighted by atomic mass is 9.86. The van der Waals surface area contributed by atoms with Gasteiger partial charge in [-0.05, 0) is 36.5 Å². The van der Waals surface area contributed by atoms with Crippen LogP contribution >= 0.6 is 11.6 Å². The molecule has 3 heterocycles. The maximum absolute atomic E-state index is 6.48. The van der Waals surface area contributed by atoms with Gasteiger partial charge in [-0.2, -0.15) is 5.10 Å². The molecular formula is C20H28ClN3O2. The molecule has 142 valence electrons. The molecule has 2 aliphatic rings. The summed E-state index contributed by atoms with van der Waals surface area (Å²) in [6, 6.07) is 4.95. The molecule has 2 aliphatic heterocycles. The summed E-state index contributed by atoms with van der Waals surface area (Å²) in [5.74, 6) is 1.17. The number of nitrogens with zero attached hydrogens (tertiary/aromatic N) is 3. The Kier molecular flexibility index (Phi) is 5.24. The lowest BCUT2D eigenvalue weighted by molar-refractivity contribution is -0.0564. The number of hydrogen-bond acceptors (Lipinski definition) is 4. The van der Waals surface area contributed by atoms with Crippen molar-refractivity contribution >= 4 is 22.5 Å². The first-order valence-electron chi connectivity index (χ1n) is 9.61. The Balaban J connectivity index is 1.40. The molecule has 0 saturated carbocycles. The summed E-state index contributed by atoms with van der Waals surface area (Å²) in [5, 5.41) is 6.17. The van der Waals surface area contributed by atoms with Crippen molar-refractivity contribution in [3.05, 3.63) is 28.9 Å². The van der Waals surface area contributed by atoms with Gasteiger partial charge < -0.3 is 9.47 Å². The third-order valence-corrected chi connectivity index (χ3v) is 6.16. The van der Waals surface area contributed by atoms with E-state index < -0.39 is 0 Å². The van der Waals surface area contributed by atoms with Crippen LogP contribution in [0.15, 0.2) is 18.3 Å². The molecule has 1 aromatic heterocycles. The Morgan fingerprint density at radius 1 is 1.23 bits per heavy atom. The zero-order valence-corrected chi connectivity index (χ0v) is 16.6. The molecule has 26 heavy (non-hydrogen) atoms. The maximum atomic E-state index is 6.48. The number of aryl methyl sites for hydroxylation is 1. The van der Waals surface area contributed by atoms with Crippen LogP contribution in [0.4, 0.5) is 0 Å². The average Bonchev–Trinajstić information content (AvgIpc) is 3.19. The molecule has 6 heteroatoms. The van der Waals surface area contributed by atoms with Crippen molar-refractivity contribution < 1.29 is 9.47 Å². The summed E-state index contributed by atoms with van der Waals surface area (Å²) in [7, 11) is 1.97. The van der Waals surface area contributed by atoms with E-state index in [2.05, 4.69) is 36.0 Å². The van der Waals surface area contributed by atoms with Crippen LogP contribution in [-0.2, 0) is 16.5 Å².